The van der Waals surface area contributed by atoms with Crippen LogP contribution in [0.25, 0.3) is 11.1 Å². The molecule has 0 aromatic heterocycles. The van der Waals surface area contributed by atoms with Crippen LogP contribution in [0.3, 0.4) is 0 Å². The number of aliphatic hydroxyl groups excluding tert-OH is 1. The van der Waals surface area contributed by atoms with Gasteiger partial charge < -0.3 is 5.11 Å². The minimum absolute atomic E-state index is 0.233. The van der Waals surface area contributed by atoms with Crippen LogP contribution < -0.4 is 0 Å². The van der Waals surface area contributed by atoms with Crippen LogP contribution in [0, 0.1) is 5.82 Å². The van der Waals surface area contributed by atoms with Gasteiger partial charge in [0.1, 0.15) is 5.82 Å². The lowest BCUT2D eigenvalue weighted by Gasteiger charge is -2.27. The van der Waals surface area contributed by atoms with Crippen LogP contribution in [-0.4, -0.2) is 5.11 Å². The molecule has 2 heteroatoms. The number of hydrogen-bond acceptors (Lipinski definition) is 1. The van der Waals surface area contributed by atoms with Gasteiger partial charge in [-0.25, -0.2) is 4.39 Å². The molecular formula is C23H31FO. The zero-order valence-electron chi connectivity index (χ0n) is 16.4. The number of halogens is 1. The molecule has 0 aliphatic heterocycles. The SMILES string of the molecule is CCCc1c(C(C)C)cc(C(C)C)c([C@@H](C)O)c1-c1ccc(F)cc1. The molecule has 0 radical (unpaired) electrons. The first-order valence-corrected chi connectivity index (χ1v) is 9.41. The zero-order valence-corrected chi connectivity index (χ0v) is 16.4. The number of aliphatic hydroxyl groups is 1. The highest BCUT2D eigenvalue weighted by atomic mass is 19.1. The van der Waals surface area contributed by atoms with E-state index in [9.17, 15) is 9.50 Å². The second-order valence-corrected chi connectivity index (χ2v) is 7.56. The van der Waals surface area contributed by atoms with Crippen molar-refractivity contribution < 1.29 is 9.50 Å². The lowest BCUT2D eigenvalue weighted by molar-refractivity contribution is 0.198. The van der Waals surface area contributed by atoms with Crippen molar-refractivity contribution in [2.45, 2.75) is 72.3 Å². The fourth-order valence-corrected chi connectivity index (χ4v) is 3.69. The van der Waals surface area contributed by atoms with Gasteiger partial charge in [0.25, 0.3) is 0 Å². The number of rotatable bonds is 6. The molecule has 0 amide bonds. The molecule has 0 aliphatic carbocycles. The molecule has 1 N–H and O–H groups in total. The van der Waals surface area contributed by atoms with E-state index in [2.05, 4.69) is 40.7 Å². The van der Waals surface area contributed by atoms with E-state index in [1.807, 2.05) is 19.1 Å². The van der Waals surface area contributed by atoms with Crippen LogP contribution in [0.5, 0.6) is 0 Å². The predicted molar refractivity (Wildman–Crippen MR) is 105 cm³/mol. The monoisotopic (exact) mass is 342 g/mol. The number of hydrogen-bond donors (Lipinski definition) is 1. The van der Waals surface area contributed by atoms with E-state index >= 15 is 0 Å². The maximum Gasteiger partial charge on any atom is 0.123 e. The van der Waals surface area contributed by atoms with Crippen molar-refractivity contribution in [1.29, 1.82) is 0 Å². The van der Waals surface area contributed by atoms with E-state index in [4.69, 9.17) is 0 Å². The molecular weight excluding hydrogens is 311 g/mol. The number of benzene rings is 2. The molecule has 0 aliphatic rings. The average Bonchev–Trinajstić information content (AvgIpc) is 2.54. The zero-order chi connectivity index (χ0) is 18.7. The maximum atomic E-state index is 13.5. The lowest BCUT2D eigenvalue weighted by Crippen LogP contribution is -2.10. The third-order valence-corrected chi connectivity index (χ3v) is 4.84. The normalized spacial score (nSPS) is 12.9. The van der Waals surface area contributed by atoms with Crippen LogP contribution in [-0.2, 0) is 6.42 Å². The minimum atomic E-state index is -0.561. The summed E-state index contributed by atoms with van der Waals surface area (Å²) in [4.78, 5) is 0. The molecule has 0 spiro atoms. The Kier molecular flexibility index (Phi) is 6.40. The summed E-state index contributed by atoms with van der Waals surface area (Å²) in [6, 6.07) is 8.98. The molecule has 0 bridgehead atoms. The van der Waals surface area contributed by atoms with E-state index in [1.54, 1.807) is 0 Å². The second kappa shape index (κ2) is 8.14. The predicted octanol–water partition coefficient (Wildman–Crippen LogP) is 6.75. The average molecular weight is 342 g/mol. The fourth-order valence-electron chi connectivity index (χ4n) is 3.69. The summed E-state index contributed by atoms with van der Waals surface area (Å²) < 4.78 is 13.5. The van der Waals surface area contributed by atoms with Gasteiger partial charge in [0.05, 0.1) is 6.10 Å². The third kappa shape index (κ3) is 4.12. The molecule has 25 heavy (non-hydrogen) atoms. The molecule has 1 nitrogen and oxygen atoms in total. The Labute approximate surface area is 151 Å². The van der Waals surface area contributed by atoms with Crippen molar-refractivity contribution in [3.63, 3.8) is 0 Å². The van der Waals surface area contributed by atoms with Crippen molar-refractivity contribution in [2.24, 2.45) is 0 Å². The largest absolute Gasteiger partial charge is 0.389 e. The first kappa shape index (κ1) is 19.7. The summed E-state index contributed by atoms with van der Waals surface area (Å²) in [5.41, 5.74) is 6.92. The molecule has 0 heterocycles. The Balaban J connectivity index is 2.93. The summed E-state index contributed by atoms with van der Waals surface area (Å²) in [6.07, 6.45) is 1.43. The van der Waals surface area contributed by atoms with E-state index in [0.717, 1.165) is 29.5 Å². The van der Waals surface area contributed by atoms with Crippen molar-refractivity contribution in [1.82, 2.24) is 0 Å². The summed E-state index contributed by atoms with van der Waals surface area (Å²) >= 11 is 0. The Morgan fingerprint density at radius 2 is 1.48 bits per heavy atom. The Morgan fingerprint density at radius 3 is 1.92 bits per heavy atom. The van der Waals surface area contributed by atoms with Gasteiger partial charge in [-0.05, 0) is 70.7 Å². The van der Waals surface area contributed by atoms with Gasteiger partial charge in [0.2, 0.25) is 0 Å². The topological polar surface area (TPSA) is 20.2 Å². The van der Waals surface area contributed by atoms with Crippen LogP contribution >= 0.6 is 0 Å². The highest BCUT2D eigenvalue weighted by molar-refractivity contribution is 5.75. The summed E-state index contributed by atoms with van der Waals surface area (Å²) in [6.45, 7) is 12.8. The van der Waals surface area contributed by atoms with Gasteiger partial charge in [0, 0.05) is 0 Å². The van der Waals surface area contributed by atoms with E-state index in [0.29, 0.717) is 11.8 Å². The van der Waals surface area contributed by atoms with Gasteiger partial charge in [-0.3, -0.25) is 0 Å². The Hall–Kier alpha value is -1.67. The van der Waals surface area contributed by atoms with Crippen LogP contribution in [0.4, 0.5) is 4.39 Å². The summed E-state index contributed by atoms with van der Waals surface area (Å²) in [7, 11) is 0. The molecule has 0 fully saturated rings. The molecule has 1 atom stereocenters. The molecule has 0 unspecified atom stereocenters. The van der Waals surface area contributed by atoms with Gasteiger partial charge >= 0.3 is 0 Å². The van der Waals surface area contributed by atoms with Crippen molar-refractivity contribution >= 4 is 0 Å². The van der Waals surface area contributed by atoms with E-state index < -0.39 is 6.10 Å². The molecule has 0 saturated heterocycles. The van der Waals surface area contributed by atoms with E-state index in [-0.39, 0.29) is 5.82 Å². The highest BCUT2D eigenvalue weighted by Gasteiger charge is 2.24. The van der Waals surface area contributed by atoms with Gasteiger partial charge in [-0.2, -0.15) is 0 Å². The first-order chi connectivity index (χ1) is 11.8. The first-order valence-electron chi connectivity index (χ1n) is 9.41. The minimum Gasteiger partial charge on any atom is -0.389 e. The Morgan fingerprint density at radius 1 is 0.920 bits per heavy atom. The molecule has 2 rings (SSSR count). The lowest BCUT2D eigenvalue weighted by atomic mass is 9.79. The molecule has 2 aromatic rings. The van der Waals surface area contributed by atoms with Gasteiger partial charge in [-0.1, -0.05) is 59.2 Å². The van der Waals surface area contributed by atoms with E-state index in [1.165, 1.54) is 28.8 Å². The smallest absolute Gasteiger partial charge is 0.123 e. The summed E-state index contributed by atoms with van der Waals surface area (Å²) in [5, 5.41) is 10.6. The van der Waals surface area contributed by atoms with Gasteiger partial charge in [-0.15, -0.1) is 0 Å². The highest BCUT2D eigenvalue weighted by Crippen LogP contribution is 2.41. The fraction of sp³-hybridized carbons (Fsp3) is 0.478. The van der Waals surface area contributed by atoms with Crippen molar-refractivity contribution in [3.05, 3.63) is 58.4 Å². The molecule has 136 valence electrons. The maximum absolute atomic E-state index is 13.5. The molecule has 2 aromatic carbocycles. The molecule has 0 saturated carbocycles. The standard InChI is InChI=1S/C23H31FO/c1-7-8-19-20(14(2)3)13-21(15(4)5)22(16(6)25)23(19)17-9-11-18(24)12-10-17/h9-16,25H,7-8H2,1-6H3/t16-/m1/s1. The van der Waals surface area contributed by atoms with Crippen LogP contribution in [0.1, 0.15) is 88.2 Å². The van der Waals surface area contributed by atoms with Crippen molar-refractivity contribution in [2.75, 3.05) is 0 Å². The third-order valence-electron chi connectivity index (χ3n) is 4.84. The van der Waals surface area contributed by atoms with Crippen LogP contribution in [0.2, 0.25) is 0 Å². The second-order valence-electron chi connectivity index (χ2n) is 7.56. The summed E-state index contributed by atoms with van der Waals surface area (Å²) in [5.74, 6) is 0.488. The van der Waals surface area contributed by atoms with Crippen LogP contribution in [0.15, 0.2) is 30.3 Å². The van der Waals surface area contributed by atoms with Gasteiger partial charge in [0.15, 0.2) is 0 Å². The Bertz CT molecular complexity index is 712. The quantitative estimate of drug-likeness (QED) is 0.616. The van der Waals surface area contributed by atoms with Crippen molar-refractivity contribution in [3.8, 4) is 11.1 Å².